The number of nitrogens with zero attached hydrogens (tertiary/aromatic N) is 4. The van der Waals surface area contributed by atoms with Gasteiger partial charge in [-0.15, -0.1) is 0 Å². The summed E-state index contributed by atoms with van der Waals surface area (Å²) in [7, 11) is 3.72. The molecule has 3 N–H and O–H groups in total. The third-order valence-electron chi connectivity index (χ3n) is 7.96. The summed E-state index contributed by atoms with van der Waals surface area (Å²) in [5, 5.41) is 6.05. The first-order chi connectivity index (χ1) is 18.9. The van der Waals surface area contributed by atoms with Crippen molar-refractivity contribution >= 4 is 29.2 Å². The van der Waals surface area contributed by atoms with Crippen molar-refractivity contribution in [2.24, 2.45) is 5.92 Å². The molecule has 10 heteroatoms. The van der Waals surface area contributed by atoms with E-state index in [9.17, 15) is 4.79 Å². The summed E-state index contributed by atoms with van der Waals surface area (Å²) in [6, 6.07) is 9.99. The standard InChI is InChI=1S/C29H34FN7O2/c1-17-13-21-22(34-17)8-7-20(26(21)30)23-15-24(39-23)27-25(29(38)31-2)28(33-16-32-27)35-18-5-4-6-19(14-18)37-11-9-36(3)10-12-37/h4-8,13-14,16,20,23-24,26,34H,9-12,15H2,1-3H3,(H,31,38)(H,32,33,35)/t20?,23-,24?,26?/m1/s1. The highest BCUT2D eigenvalue weighted by Crippen LogP contribution is 2.47. The number of ether oxygens (including phenoxy) is 1. The van der Waals surface area contributed by atoms with Crippen LogP contribution in [0.2, 0.25) is 0 Å². The summed E-state index contributed by atoms with van der Waals surface area (Å²) in [4.78, 5) is 29.8. The van der Waals surface area contributed by atoms with Gasteiger partial charge in [0.2, 0.25) is 0 Å². The lowest BCUT2D eigenvalue weighted by Crippen LogP contribution is -2.44. The fourth-order valence-electron chi connectivity index (χ4n) is 5.73. The average Bonchev–Trinajstić information content (AvgIpc) is 3.30. The zero-order valence-corrected chi connectivity index (χ0v) is 22.4. The highest BCUT2D eigenvalue weighted by Gasteiger charge is 2.44. The number of anilines is 3. The SMILES string of the molecule is CNC(=O)c1c(Nc2cccc(N3CCN(C)CC3)c2)ncnc1C1C[C@H](C2C=Cc3[nH]c(C)cc3C2F)O1. The lowest BCUT2D eigenvalue weighted by atomic mass is 9.81. The van der Waals surface area contributed by atoms with Crippen molar-refractivity contribution in [1.82, 2.24) is 25.2 Å². The van der Waals surface area contributed by atoms with Crippen LogP contribution in [0, 0.1) is 12.8 Å². The number of nitrogens with one attached hydrogen (secondary N) is 3. The number of aromatic nitrogens is 3. The first kappa shape index (κ1) is 25.5. The number of aromatic amines is 1. The van der Waals surface area contributed by atoms with Gasteiger partial charge in [0.25, 0.3) is 5.91 Å². The van der Waals surface area contributed by atoms with E-state index in [1.807, 2.05) is 37.3 Å². The molecule has 3 aliphatic rings. The number of rotatable bonds is 6. The van der Waals surface area contributed by atoms with Gasteiger partial charge in [-0.2, -0.15) is 0 Å². The molecule has 9 nitrogen and oxygen atoms in total. The Morgan fingerprint density at radius 3 is 2.74 bits per heavy atom. The van der Waals surface area contributed by atoms with Crippen LogP contribution in [-0.2, 0) is 4.74 Å². The fourth-order valence-corrected chi connectivity index (χ4v) is 5.73. The fraction of sp³-hybridized carbons (Fsp3) is 0.414. The van der Waals surface area contributed by atoms with E-state index in [2.05, 4.69) is 54.6 Å². The molecule has 0 spiro atoms. The average molecular weight is 532 g/mol. The molecule has 4 heterocycles. The second kappa shape index (κ2) is 10.4. The van der Waals surface area contributed by atoms with Crippen LogP contribution in [0.3, 0.4) is 0 Å². The predicted molar refractivity (Wildman–Crippen MR) is 149 cm³/mol. The number of benzene rings is 1. The van der Waals surface area contributed by atoms with Gasteiger partial charge in [-0.05, 0) is 44.3 Å². The summed E-state index contributed by atoms with van der Waals surface area (Å²) in [6.45, 7) is 5.88. The molecule has 39 heavy (non-hydrogen) atoms. The molecular weight excluding hydrogens is 497 g/mol. The van der Waals surface area contributed by atoms with Crippen LogP contribution in [-0.4, -0.2) is 72.1 Å². The summed E-state index contributed by atoms with van der Waals surface area (Å²) in [5.74, 6) is -0.275. The number of aryl methyl sites for hydroxylation is 1. The number of alkyl halides is 1. The van der Waals surface area contributed by atoms with Gasteiger partial charge in [-0.3, -0.25) is 4.79 Å². The molecular formula is C29H34FN7O2. The zero-order chi connectivity index (χ0) is 27.1. The van der Waals surface area contributed by atoms with Crippen LogP contribution < -0.4 is 15.5 Å². The molecule has 1 aromatic carbocycles. The van der Waals surface area contributed by atoms with Crippen LogP contribution in [0.25, 0.3) is 6.08 Å². The molecule has 3 unspecified atom stereocenters. The Morgan fingerprint density at radius 1 is 1.18 bits per heavy atom. The largest absolute Gasteiger partial charge is 0.369 e. The third-order valence-corrected chi connectivity index (χ3v) is 7.96. The van der Waals surface area contributed by atoms with Crippen molar-refractivity contribution in [3.8, 4) is 0 Å². The molecule has 1 amide bonds. The summed E-state index contributed by atoms with van der Waals surface area (Å²) < 4.78 is 21.5. The second-order valence-electron chi connectivity index (χ2n) is 10.6. The minimum absolute atomic E-state index is 0.297. The number of halogens is 1. The maximum absolute atomic E-state index is 15.4. The van der Waals surface area contributed by atoms with Crippen molar-refractivity contribution in [2.45, 2.75) is 31.7 Å². The zero-order valence-electron chi connectivity index (χ0n) is 22.4. The van der Waals surface area contributed by atoms with E-state index in [0.717, 1.165) is 48.9 Å². The van der Waals surface area contributed by atoms with E-state index in [-0.39, 0.29) is 17.9 Å². The molecule has 0 bridgehead atoms. The molecule has 6 rings (SSSR count). The van der Waals surface area contributed by atoms with Crippen molar-refractivity contribution in [3.05, 3.63) is 70.9 Å². The second-order valence-corrected chi connectivity index (χ2v) is 10.6. The summed E-state index contributed by atoms with van der Waals surface area (Å²) in [5.41, 5.74) is 5.22. The number of carbonyl (C=O) groups excluding carboxylic acids is 1. The summed E-state index contributed by atoms with van der Waals surface area (Å²) in [6.07, 6.45) is 3.95. The summed E-state index contributed by atoms with van der Waals surface area (Å²) >= 11 is 0. The third kappa shape index (κ3) is 4.90. The van der Waals surface area contributed by atoms with E-state index < -0.39 is 12.3 Å². The number of H-pyrrole nitrogens is 1. The minimum Gasteiger partial charge on any atom is -0.369 e. The lowest BCUT2D eigenvalue weighted by molar-refractivity contribution is -0.157. The van der Waals surface area contributed by atoms with Gasteiger partial charge >= 0.3 is 0 Å². The Balaban J connectivity index is 1.20. The quantitative estimate of drug-likeness (QED) is 0.440. The molecule has 3 aromatic rings. The molecule has 2 saturated heterocycles. The molecule has 204 valence electrons. The van der Waals surface area contributed by atoms with Gasteiger partial charge in [-0.25, -0.2) is 14.4 Å². The van der Waals surface area contributed by atoms with Crippen LogP contribution in [0.1, 0.15) is 51.7 Å². The molecule has 0 radical (unpaired) electrons. The Kier molecular flexibility index (Phi) is 6.82. The Bertz CT molecular complexity index is 1390. The normalized spacial score (nSPS) is 24.7. The van der Waals surface area contributed by atoms with Crippen LogP contribution >= 0.6 is 0 Å². The van der Waals surface area contributed by atoms with E-state index >= 15 is 4.39 Å². The molecule has 2 aromatic heterocycles. The topological polar surface area (TPSA) is 98.4 Å². The minimum atomic E-state index is -1.14. The van der Waals surface area contributed by atoms with Crippen LogP contribution in [0.4, 0.5) is 21.6 Å². The number of fused-ring (bicyclic) bond motifs is 1. The number of amides is 1. The first-order valence-corrected chi connectivity index (χ1v) is 13.5. The molecule has 0 saturated carbocycles. The number of piperazine rings is 1. The van der Waals surface area contributed by atoms with Crippen molar-refractivity contribution in [2.75, 3.05) is 50.5 Å². The number of hydrogen-bond donors (Lipinski definition) is 3. The lowest BCUT2D eigenvalue weighted by Gasteiger charge is -2.41. The van der Waals surface area contributed by atoms with Gasteiger partial charge < -0.3 is 30.2 Å². The maximum Gasteiger partial charge on any atom is 0.256 e. The molecule has 1 aliphatic carbocycles. The van der Waals surface area contributed by atoms with Gasteiger partial charge in [0.05, 0.1) is 11.8 Å². The Morgan fingerprint density at radius 2 is 1.97 bits per heavy atom. The Hall–Kier alpha value is -3.76. The highest BCUT2D eigenvalue weighted by atomic mass is 19.1. The van der Waals surface area contributed by atoms with E-state index in [0.29, 0.717) is 29.1 Å². The monoisotopic (exact) mass is 531 g/mol. The van der Waals surface area contributed by atoms with Gasteiger partial charge in [-0.1, -0.05) is 12.1 Å². The maximum atomic E-state index is 15.4. The van der Waals surface area contributed by atoms with E-state index in [1.54, 1.807) is 7.05 Å². The van der Waals surface area contributed by atoms with E-state index in [4.69, 9.17) is 4.74 Å². The van der Waals surface area contributed by atoms with Crippen molar-refractivity contribution < 1.29 is 13.9 Å². The number of likely N-dealkylation sites (N-methyl/N-ethyl adjacent to an activating group) is 1. The number of hydrogen-bond acceptors (Lipinski definition) is 7. The molecule has 2 fully saturated rings. The van der Waals surface area contributed by atoms with Gasteiger partial charge in [0.15, 0.2) is 0 Å². The van der Waals surface area contributed by atoms with Crippen LogP contribution in [0.5, 0.6) is 0 Å². The van der Waals surface area contributed by atoms with Crippen LogP contribution in [0.15, 0.2) is 42.7 Å². The van der Waals surface area contributed by atoms with Gasteiger partial charge in [0.1, 0.15) is 30.0 Å². The van der Waals surface area contributed by atoms with E-state index in [1.165, 1.54) is 6.33 Å². The van der Waals surface area contributed by atoms with Gasteiger partial charge in [0, 0.05) is 73.9 Å². The van der Waals surface area contributed by atoms with Crippen molar-refractivity contribution in [3.63, 3.8) is 0 Å². The molecule has 4 atom stereocenters. The first-order valence-electron chi connectivity index (χ1n) is 13.5. The number of carbonyl (C=O) groups is 1. The smallest absolute Gasteiger partial charge is 0.256 e. The predicted octanol–water partition coefficient (Wildman–Crippen LogP) is 4.15. The molecule has 2 aliphatic heterocycles. The Labute approximate surface area is 227 Å². The van der Waals surface area contributed by atoms with Crippen molar-refractivity contribution in [1.29, 1.82) is 0 Å². The highest BCUT2D eigenvalue weighted by molar-refractivity contribution is 6.00.